The molecule has 3 N–H and O–H groups in total. The minimum Gasteiger partial charge on any atom is -0.402 e. The van der Waals surface area contributed by atoms with Crippen LogP contribution in [0.1, 0.15) is 49.9 Å². The van der Waals surface area contributed by atoms with Crippen molar-refractivity contribution in [1.29, 1.82) is 5.41 Å². The van der Waals surface area contributed by atoms with Crippen LogP contribution in [0.3, 0.4) is 0 Å². The number of nitrogens with one attached hydrogen (secondary N) is 1. The number of benzene rings is 1. The lowest BCUT2D eigenvalue weighted by atomic mass is 9.81. The van der Waals surface area contributed by atoms with Gasteiger partial charge in [-0.3, -0.25) is 10.4 Å². The number of hydrogen-bond donors (Lipinski definition) is 2. The van der Waals surface area contributed by atoms with Crippen molar-refractivity contribution in [2.45, 2.75) is 40.0 Å². The molecule has 1 unspecified atom stereocenters. The van der Waals surface area contributed by atoms with Crippen LogP contribution in [0.25, 0.3) is 5.57 Å². The summed E-state index contributed by atoms with van der Waals surface area (Å²) >= 11 is 0. The van der Waals surface area contributed by atoms with Gasteiger partial charge in [0, 0.05) is 61.2 Å². The first-order valence-corrected chi connectivity index (χ1v) is 10.7. The number of aromatic nitrogens is 1. The normalized spacial score (nSPS) is 19.7. The number of nitrogens with two attached hydrogens (primary N) is 1. The van der Waals surface area contributed by atoms with Gasteiger partial charge in [0.25, 0.3) is 0 Å². The molecule has 0 amide bonds. The van der Waals surface area contributed by atoms with Crippen molar-refractivity contribution >= 4 is 17.0 Å². The summed E-state index contributed by atoms with van der Waals surface area (Å²) < 4.78 is 5.34. The summed E-state index contributed by atoms with van der Waals surface area (Å²) in [4.78, 5) is 6.71. The smallest absolute Gasteiger partial charge is 0.0708 e. The largest absolute Gasteiger partial charge is 0.402 e. The standard InChI is InChI=1S/C25H34N4O/c1-5-25(12-15-30-4)11-14-29(17-25)22-8-6-20(7-9-22)23(19(3)26)24(27)21-10-13-28-18(2)16-21/h6-10,13,16,27H,5,11-12,14-15,17,26H2,1-4H3/b23-19-,27-24?. The third-order valence-corrected chi connectivity index (χ3v) is 6.38. The summed E-state index contributed by atoms with van der Waals surface area (Å²) in [5, 5.41) is 8.73. The number of rotatable bonds is 8. The van der Waals surface area contributed by atoms with Gasteiger partial charge in [-0.05, 0) is 68.4 Å². The molecule has 5 nitrogen and oxygen atoms in total. The average Bonchev–Trinajstić information content (AvgIpc) is 3.17. The number of pyridine rings is 1. The van der Waals surface area contributed by atoms with Crippen molar-refractivity contribution in [3.8, 4) is 0 Å². The molecule has 3 rings (SSSR count). The van der Waals surface area contributed by atoms with E-state index in [0.717, 1.165) is 48.5 Å². The van der Waals surface area contributed by atoms with Gasteiger partial charge in [-0.15, -0.1) is 0 Å². The second-order valence-electron chi connectivity index (χ2n) is 8.43. The third-order valence-electron chi connectivity index (χ3n) is 6.38. The first-order valence-electron chi connectivity index (χ1n) is 10.7. The Hall–Kier alpha value is -2.66. The Balaban J connectivity index is 1.80. The molecule has 1 aliphatic rings. The van der Waals surface area contributed by atoms with Crippen LogP contribution in [-0.2, 0) is 4.74 Å². The SMILES string of the molecule is CCC1(CCOC)CCN(c2ccc(/C(C(=N)c3ccnc(C)c3)=C(\C)N)cc2)C1. The van der Waals surface area contributed by atoms with Crippen molar-refractivity contribution in [2.75, 3.05) is 31.7 Å². The summed E-state index contributed by atoms with van der Waals surface area (Å²) in [6, 6.07) is 12.3. The molecule has 0 radical (unpaired) electrons. The van der Waals surface area contributed by atoms with Crippen molar-refractivity contribution in [1.82, 2.24) is 4.98 Å². The van der Waals surface area contributed by atoms with Gasteiger partial charge < -0.3 is 15.4 Å². The number of hydrogen-bond acceptors (Lipinski definition) is 5. The number of anilines is 1. The predicted octanol–water partition coefficient (Wildman–Crippen LogP) is 4.79. The van der Waals surface area contributed by atoms with E-state index in [1.54, 1.807) is 13.3 Å². The van der Waals surface area contributed by atoms with Crippen LogP contribution < -0.4 is 10.6 Å². The second kappa shape index (κ2) is 9.43. The van der Waals surface area contributed by atoms with Gasteiger partial charge in [-0.1, -0.05) is 19.1 Å². The van der Waals surface area contributed by atoms with Crippen molar-refractivity contribution in [3.63, 3.8) is 0 Å². The molecule has 2 aromatic rings. The molecule has 0 spiro atoms. The molecule has 1 saturated heterocycles. The van der Waals surface area contributed by atoms with Gasteiger partial charge in [0.1, 0.15) is 0 Å². The Morgan fingerprint density at radius 1 is 1.23 bits per heavy atom. The maximum Gasteiger partial charge on any atom is 0.0708 e. The maximum atomic E-state index is 8.73. The fourth-order valence-corrected chi connectivity index (χ4v) is 4.40. The summed E-state index contributed by atoms with van der Waals surface area (Å²) in [7, 11) is 1.78. The molecule has 1 fully saturated rings. The van der Waals surface area contributed by atoms with Gasteiger partial charge in [-0.25, -0.2) is 0 Å². The van der Waals surface area contributed by atoms with E-state index in [0.29, 0.717) is 16.8 Å². The fraction of sp³-hybridized carbons (Fsp3) is 0.440. The molecule has 1 aromatic carbocycles. The molecule has 2 heterocycles. The van der Waals surface area contributed by atoms with Crippen LogP contribution in [0.2, 0.25) is 0 Å². The molecule has 1 atom stereocenters. The topological polar surface area (TPSA) is 75.2 Å². The molecular formula is C25H34N4O. The molecule has 160 valence electrons. The highest BCUT2D eigenvalue weighted by Crippen LogP contribution is 2.39. The van der Waals surface area contributed by atoms with E-state index in [2.05, 4.69) is 41.1 Å². The minimum absolute atomic E-state index is 0.342. The minimum atomic E-state index is 0.342. The third kappa shape index (κ3) is 4.73. The number of aryl methyl sites for hydroxylation is 1. The quantitative estimate of drug-likeness (QED) is 0.618. The van der Waals surface area contributed by atoms with E-state index in [9.17, 15) is 0 Å². The number of ether oxygens (including phenoxy) is 1. The first-order chi connectivity index (χ1) is 14.4. The first kappa shape index (κ1) is 22.0. The van der Waals surface area contributed by atoms with Gasteiger partial charge in [0.2, 0.25) is 0 Å². The molecule has 0 saturated carbocycles. The molecule has 1 aromatic heterocycles. The Kier molecular flexibility index (Phi) is 6.93. The number of allylic oxidation sites excluding steroid dienone is 2. The summed E-state index contributed by atoms with van der Waals surface area (Å²) in [6.07, 6.45) is 5.22. The van der Waals surface area contributed by atoms with Crippen LogP contribution in [0, 0.1) is 17.7 Å². The van der Waals surface area contributed by atoms with E-state index >= 15 is 0 Å². The number of nitrogens with zero attached hydrogens (tertiary/aromatic N) is 2. The second-order valence-corrected chi connectivity index (χ2v) is 8.43. The maximum absolute atomic E-state index is 8.73. The summed E-state index contributed by atoms with van der Waals surface area (Å²) in [5.41, 5.74) is 12.3. The van der Waals surface area contributed by atoms with Gasteiger partial charge in [0.15, 0.2) is 0 Å². The fourth-order valence-electron chi connectivity index (χ4n) is 4.40. The van der Waals surface area contributed by atoms with Crippen molar-refractivity contribution in [2.24, 2.45) is 11.1 Å². The van der Waals surface area contributed by atoms with Crippen LogP contribution in [0.4, 0.5) is 5.69 Å². The molecular weight excluding hydrogens is 372 g/mol. The van der Waals surface area contributed by atoms with Crippen LogP contribution in [-0.4, -0.2) is 37.5 Å². The lowest BCUT2D eigenvalue weighted by molar-refractivity contribution is 0.142. The molecule has 5 heteroatoms. The van der Waals surface area contributed by atoms with Crippen LogP contribution in [0.15, 0.2) is 48.3 Å². The van der Waals surface area contributed by atoms with E-state index in [-0.39, 0.29) is 0 Å². The Morgan fingerprint density at radius 2 is 1.97 bits per heavy atom. The molecule has 30 heavy (non-hydrogen) atoms. The Labute approximate surface area is 180 Å². The number of methoxy groups -OCH3 is 1. The van der Waals surface area contributed by atoms with Gasteiger partial charge in [0.05, 0.1) is 5.71 Å². The zero-order valence-corrected chi connectivity index (χ0v) is 18.7. The monoisotopic (exact) mass is 406 g/mol. The molecule has 1 aliphatic heterocycles. The van der Waals surface area contributed by atoms with E-state index in [4.69, 9.17) is 15.9 Å². The van der Waals surface area contributed by atoms with Gasteiger partial charge in [-0.2, -0.15) is 0 Å². The summed E-state index contributed by atoms with van der Waals surface area (Å²) in [6.45, 7) is 9.04. The average molecular weight is 407 g/mol. The Bertz CT molecular complexity index is 915. The van der Waals surface area contributed by atoms with E-state index < -0.39 is 0 Å². The van der Waals surface area contributed by atoms with Crippen LogP contribution >= 0.6 is 0 Å². The Morgan fingerprint density at radius 3 is 2.57 bits per heavy atom. The molecule has 0 bridgehead atoms. The predicted molar refractivity (Wildman–Crippen MR) is 125 cm³/mol. The molecule has 0 aliphatic carbocycles. The van der Waals surface area contributed by atoms with Crippen molar-refractivity contribution < 1.29 is 4.74 Å². The highest BCUT2D eigenvalue weighted by Gasteiger charge is 2.36. The summed E-state index contributed by atoms with van der Waals surface area (Å²) in [5.74, 6) is 0. The zero-order valence-electron chi connectivity index (χ0n) is 18.7. The zero-order chi connectivity index (χ0) is 21.7. The van der Waals surface area contributed by atoms with E-state index in [1.165, 1.54) is 18.5 Å². The van der Waals surface area contributed by atoms with Crippen molar-refractivity contribution in [3.05, 3.63) is 65.1 Å². The highest BCUT2D eigenvalue weighted by molar-refractivity contribution is 6.30. The highest BCUT2D eigenvalue weighted by atomic mass is 16.5. The van der Waals surface area contributed by atoms with Crippen LogP contribution in [0.5, 0.6) is 0 Å². The lowest BCUT2D eigenvalue weighted by Gasteiger charge is -2.28. The lowest BCUT2D eigenvalue weighted by Crippen LogP contribution is -2.27. The van der Waals surface area contributed by atoms with Gasteiger partial charge >= 0.3 is 0 Å². The van der Waals surface area contributed by atoms with E-state index in [1.807, 2.05) is 26.0 Å².